The summed E-state index contributed by atoms with van der Waals surface area (Å²) < 4.78 is 0. The van der Waals surface area contributed by atoms with Gasteiger partial charge in [0, 0.05) is 0 Å². The van der Waals surface area contributed by atoms with Crippen molar-refractivity contribution in [3.05, 3.63) is 34.9 Å². The molecule has 0 heteroatoms. The highest BCUT2D eigenvalue weighted by Crippen LogP contribution is 2.19. The standard InChI is InChI=1S/C16H25/c1-4-7-8-11-15-13-9-12-14(6-3)16(15)10-5-2/h9,12H,4-8,10-11H2,1-3H3. The molecule has 0 N–H and O–H groups in total. The number of hydrogen-bond acceptors (Lipinski definition) is 0. The number of aryl methyl sites for hydroxylation is 2. The molecule has 0 bridgehead atoms. The summed E-state index contributed by atoms with van der Waals surface area (Å²) in [7, 11) is 0. The Labute approximate surface area is 101 Å². The molecule has 0 heterocycles. The second-order valence-corrected chi connectivity index (χ2v) is 4.52. The van der Waals surface area contributed by atoms with Crippen molar-refractivity contribution in [2.24, 2.45) is 0 Å². The molecule has 1 rings (SSSR count). The van der Waals surface area contributed by atoms with Crippen LogP contribution in [0.25, 0.3) is 0 Å². The topological polar surface area (TPSA) is 0 Å². The second kappa shape index (κ2) is 7.49. The van der Waals surface area contributed by atoms with Gasteiger partial charge in [0.15, 0.2) is 0 Å². The third-order valence-electron chi connectivity index (χ3n) is 3.21. The molecule has 0 saturated heterocycles. The number of hydrogen-bond donors (Lipinski definition) is 0. The molecule has 0 fully saturated rings. The molecule has 0 spiro atoms. The summed E-state index contributed by atoms with van der Waals surface area (Å²) in [4.78, 5) is 0. The maximum Gasteiger partial charge on any atom is -0.0146 e. The average Bonchev–Trinajstić information content (AvgIpc) is 2.31. The van der Waals surface area contributed by atoms with E-state index in [1.807, 2.05) is 0 Å². The normalized spacial score (nSPS) is 10.7. The van der Waals surface area contributed by atoms with Crippen molar-refractivity contribution in [1.82, 2.24) is 0 Å². The van der Waals surface area contributed by atoms with Crippen LogP contribution in [0, 0.1) is 6.07 Å². The van der Waals surface area contributed by atoms with E-state index in [1.54, 1.807) is 5.56 Å². The van der Waals surface area contributed by atoms with Gasteiger partial charge in [0.25, 0.3) is 0 Å². The van der Waals surface area contributed by atoms with Gasteiger partial charge in [0.2, 0.25) is 0 Å². The van der Waals surface area contributed by atoms with Crippen LogP contribution in [0.4, 0.5) is 0 Å². The summed E-state index contributed by atoms with van der Waals surface area (Å²) in [6.45, 7) is 6.78. The van der Waals surface area contributed by atoms with Crippen molar-refractivity contribution >= 4 is 0 Å². The molecule has 0 nitrogen and oxygen atoms in total. The Morgan fingerprint density at radius 2 is 1.81 bits per heavy atom. The zero-order valence-corrected chi connectivity index (χ0v) is 11.1. The molecule has 0 atom stereocenters. The summed E-state index contributed by atoms with van der Waals surface area (Å²) in [5.41, 5.74) is 4.60. The maximum atomic E-state index is 3.46. The average molecular weight is 217 g/mol. The third-order valence-corrected chi connectivity index (χ3v) is 3.21. The van der Waals surface area contributed by atoms with Gasteiger partial charge in [-0.05, 0) is 48.4 Å². The van der Waals surface area contributed by atoms with E-state index in [0.29, 0.717) is 0 Å². The molecule has 0 aromatic heterocycles. The number of rotatable bonds is 7. The van der Waals surface area contributed by atoms with Gasteiger partial charge in [-0.2, -0.15) is 0 Å². The van der Waals surface area contributed by atoms with Gasteiger partial charge < -0.3 is 0 Å². The van der Waals surface area contributed by atoms with Crippen LogP contribution in [-0.2, 0) is 19.3 Å². The minimum atomic E-state index is 1.16. The first kappa shape index (κ1) is 13.3. The maximum absolute atomic E-state index is 3.46. The molecule has 0 aliphatic rings. The third kappa shape index (κ3) is 3.66. The Balaban J connectivity index is 2.79. The lowest BCUT2D eigenvalue weighted by atomic mass is 9.93. The first-order valence-electron chi connectivity index (χ1n) is 6.84. The van der Waals surface area contributed by atoms with Crippen molar-refractivity contribution in [3.63, 3.8) is 0 Å². The predicted octanol–water partition coefficient (Wildman–Crippen LogP) is 4.73. The lowest BCUT2D eigenvalue weighted by Gasteiger charge is -2.12. The van der Waals surface area contributed by atoms with E-state index in [4.69, 9.17) is 0 Å². The molecular weight excluding hydrogens is 192 g/mol. The van der Waals surface area contributed by atoms with Crippen LogP contribution in [-0.4, -0.2) is 0 Å². The Bertz CT molecular complexity index is 299. The molecule has 0 saturated carbocycles. The van der Waals surface area contributed by atoms with Gasteiger partial charge >= 0.3 is 0 Å². The van der Waals surface area contributed by atoms with E-state index < -0.39 is 0 Å². The van der Waals surface area contributed by atoms with Crippen LogP contribution in [0.2, 0.25) is 0 Å². The molecule has 0 aliphatic carbocycles. The smallest absolute Gasteiger partial charge is 0.0146 e. The molecule has 0 unspecified atom stereocenters. The summed E-state index contributed by atoms with van der Waals surface area (Å²) in [5.74, 6) is 0. The van der Waals surface area contributed by atoms with Crippen molar-refractivity contribution in [2.45, 2.75) is 65.7 Å². The van der Waals surface area contributed by atoms with E-state index in [1.165, 1.54) is 49.7 Å². The van der Waals surface area contributed by atoms with Crippen molar-refractivity contribution in [1.29, 1.82) is 0 Å². The zero-order chi connectivity index (χ0) is 11.8. The summed E-state index contributed by atoms with van der Waals surface area (Å²) in [6, 6.07) is 7.81. The van der Waals surface area contributed by atoms with Crippen molar-refractivity contribution in [3.8, 4) is 0 Å². The lowest BCUT2D eigenvalue weighted by molar-refractivity contribution is 0.709. The van der Waals surface area contributed by atoms with Crippen LogP contribution in [0.5, 0.6) is 0 Å². The predicted molar refractivity (Wildman–Crippen MR) is 71.9 cm³/mol. The van der Waals surface area contributed by atoms with Crippen LogP contribution in [0.1, 0.15) is 63.1 Å². The highest BCUT2D eigenvalue weighted by molar-refractivity contribution is 5.34. The first-order valence-corrected chi connectivity index (χ1v) is 6.84. The molecule has 0 amide bonds. The minimum absolute atomic E-state index is 1.16. The van der Waals surface area contributed by atoms with E-state index >= 15 is 0 Å². The van der Waals surface area contributed by atoms with Gasteiger partial charge in [-0.15, -0.1) is 0 Å². The fourth-order valence-corrected chi connectivity index (χ4v) is 2.29. The van der Waals surface area contributed by atoms with E-state index in [9.17, 15) is 0 Å². The Hall–Kier alpha value is -0.780. The van der Waals surface area contributed by atoms with Crippen LogP contribution < -0.4 is 0 Å². The Morgan fingerprint density at radius 3 is 2.44 bits per heavy atom. The van der Waals surface area contributed by atoms with Crippen LogP contribution in [0.3, 0.4) is 0 Å². The molecular formula is C16H25. The van der Waals surface area contributed by atoms with Gasteiger partial charge in [0.05, 0.1) is 0 Å². The van der Waals surface area contributed by atoms with E-state index in [2.05, 4.69) is 39.0 Å². The molecule has 0 aliphatic heterocycles. The first-order chi connectivity index (χ1) is 7.83. The molecule has 16 heavy (non-hydrogen) atoms. The van der Waals surface area contributed by atoms with Gasteiger partial charge in [-0.1, -0.05) is 52.2 Å². The number of unbranched alkanes of at least 4 members (excludes halogenated alkanes) is 2. The minimum Gasteiger partial charge on any atom is -0.0654 e. The quantitative estimate of drug-likeness (QED) is 0.579. The lowest BCUT2D eigenvalue weighted by Crippen LogP contribution is -2.00. The van der Waals surface area contributed by atoms with E-state index in [-0.39, 0.29) is 0 Å². The summed E-state index contributed by atoms with van der Waals surface area (Å²) in [6.07, 6.45) is 8.80. The summed E-state index contributed by atoms with van der Waals surface area (Å²) in [5, 5.41) is 0. The fraction of sp³-hybridized carbons (Fsp3) is 0.625. The number of benzene rings is 1. The monoisotopic (exact) mass is 217 g/mol. The second-order valence-electron chi connectivity index (χ2n) is 4.52. The Kier molecular flexibility index (Phi) is 6.22. The van der Waals surface area contributed by atoms with Crippen molar-refractivity contribution in [2.75, 3.05) is 0 Å². The van der Waals surface area contributed by atoms with Gasteiger partial charge in [0.1, 0.15) is 0 Å². The van der Waals surface area contributed by atoms with Gasteiger partial charge in [-0.3, -0.25) is 0 Å². The molecule has 1 aromatic carbocycles. The molecule has 89 valence electrons. The largest absolute Gasteiger partial charge is 0.0654 e. The fourth-order valence-electron chi connectivity index (χ4n) is 2.29. The van der Waals surface area contributed by atoms with E-state index in [0.717, 1.165) is 6.42 Å². The van der Waals surface area contributed by atoms with Crippen molar-refractivity contribution < 1.29 is 0 Å². The van der Waals surface area contributed by atoms with Crippen LogP contribution >= 0.6 is 0 Å². The highest BCUT2D eigenvalue weighted by atomic mass is 14.1. The SMILES string of the molecule is CCCCCc1[c]ccc(CC)c1CCC. The zero-order valence-electron chi connectivity index (χ0n) is 11.1. The van der Waals surface area contributed by atoms with Gasteiger partial charge in [-0.25, -0.2) is 0 Å². The highest BCUT2D eigenvalue weighted by Gasteiger charge is 2.06. The summed E-state index contributed by atoms with van der Waals surface area (Å²) >= 11 is 0. The van der Waals surface area contributed by atoms with Crippen LogP contribution in [0.15, 0.2) is 12.1 Å². The molecule has 1 radical (unpaired) electrons. The molecule has 1 aromatic rings. The Morgan fingerprint density at radius 1 is 1.00 bits per heavy atom.